The van der Waals surface area contributed by atoms with Crippen molar-refractivity contribution >= 4 is 11.8 Å². The van der Waals surface area contributed by atoms with Gasteiger partial charge in [-0.05, 0) is 30.9 Å². The number of hydrogen-bond donors (Lipinski definition) is 2. The summed E-state index contributed by atoms with van der Waals surface area (Å²) in [6, 6.07) is 9.47. The summed E-state index contributed by atoms with van der Waals surface area (Å²) in [5.41, 5.74) is 0.569. The maximum Gasteiger partial charge on any atom is 0.347 e. The average Bonchev–Trinajstić information content (AvgIpc) is 3.28. The standard InChI is InChI=1S/C19H23N5O3/c25-17-11-14(12-20-17)18(26)23-8-6-13(7-9-23)10-16-21-22-19(27)24(16)15-4-2-1-3-5-15/h1-5,13-14H,6-12H2,(H,20,25)(H,22,27)/t14-/m1/s1. The van der Waals surface area contributed by atoms with E-state index in [1.807, 2.05) is 35.2 Å². The number of nitrogens with zero attached hydrogens (tertiary/aromatic N) is 3. The molecule has 4 rings (SSSR count). The molecule has 8 heteroatoms. The maximum absolute atomic E-state index is 12.5. The number of aromatic nitrogens is 3. The fraction of sp³-hybridized carbons (Fsp3) is 0.474. The number of piperidine rings is 1. The Labute approximate surface area is 156 Å². The third-order valence-corrected chi connectivity index (χ3v) is 5.48. The lowest BCUT2D eigenvalue weighted by molar-refractivity contribution is -0.137. The zero-order chi connectivity index (χ0) is 18.8. The summed E-state index contributed by atoms with van der Waals surface area (Å²) < 4.78 is 1.62. The van der Waals surface area contributed by atoms with Gasteiger partial charge in [-0.25, -0.2) is 14.5 Å². The van der Waals surface area contributed by atoms with Gasteiger partial charge < -0.3 is 10.2 Å². The maximum atomic E-state index is 12.5. The minimum atomic E-state index is -0.234. The zero-order valence-corrected chi connectivity index (χ0v) is 15.1. The molecular formula is C19H23N5O3. The molecule has 0 radical (unpaired) electrons. The van der Waals surface area contributed by atoms with Crippen LogP contribution >= 0.6 is 0 Å². The molecule has 2 aromatic rings. The van der Waals surface area contributed by atoms with Crippen LogP contribution in [0.1, 0.15) is 25.1 Å². The predicted octanol–water partition coefficient (Wildman–Crippen LogP) is 0.478. The molecule has 2 fully saturated rings. The van der Waals surface area contributed by atoms with E-state index in [1.165, 1.54) is 0 Å². The Morgan fingerprint density at radius 1 is 1.15 bits per heavy atom. The molecule has 2 saturated heterocycles. The van der Waals surface area contributed by atoms with Gasteiger partial charge in [-0.2, -0.15) is 5.10 Å². The Hall–Kier alpha value is -2.90. The van der Waals surface area contributed by atoms with Crippen LogP contribution in [-0.2, 0) is 16.0 Å². The first kappa shape index (κ1) is 17.5. The van der Waals surface area contributed by atoms with Crippen LogP contribution in [0.5, 0.6) is 0 Å². The van der Waals surface area contributed by atoms with Gasteiger partial charge in [0.1, 0.15) is 5.82 Å². The zero-order valence-electron chi connectivity index (χ0n) is 15.1. The number of amides is 2. The highest BCUT2D eigenvalue weighted by atomic mass is 16.2. The van der Waals surface area contributed by atoms with Crippen molar-refractivity contribution in [1.82, 2.24) is 25.0 Å². The number of rotatable bonds is 4. The number of aromatic amines is 1. The van der Waals surface area contributed by atoms with Gasteiger partial charge in [0.2, 0.25) is 11.8 Å². The summed E-state index contributed by atoms with van der Waals surface area (Å²) in [6.45, 7) is 1.83. The number of carbonyl (C=O) groups is 2. The van der Waals surface area contributed by atoms with Crippen molar-refractivity contribution in [2.24, 2.45) is 11.8 Å². The quantitative estimate of drug-likeness (QED) is 0.819. The summed E-state index contributed by atoms with van der Waals surface area (Å²) in [4.78, 5) is 37.9. The third-order valence-electron chi connectivity index (χ3n) is 5.48. The molecule has 0 aliphatic carbocycles. The summed E-state index contributed by atoms with van der Waals surface area (Å²) in [7, 11) is 0. The molecule has 2 aliphatic heterocycles. The van der Waals surface area contributed by atoms with E-state index in [4.69, 9.17) is 0 Å². The first-order chi connectivity index (χ1) is 13.1. The highest BCUT2D eigenvalue weighted by Gasteiger charge is 2.33. The van der Waals surface area contributed by atoms with Crippen LogP contribution in [-0.4, -0.2) is 51.1 Å². The molecule has 1 aromatic carbocycles. The molecular weight excluding hydrogens is 346 g/mol. The minimum absolute atomic E-state index is 0.0411. The van der Waals surface area contributed by atoms with Crippen molar-refractivity contribution in [3.05, 3.63) is 46.6 Å². The third kappa shape index (κ3) is 3.65. The normalized spacial score (nSPS) is 20.7. The fourth-order valence-electron chi connectivity index (χ4n) is 3.96. The van der Waals surface area contributed by atoms with Gasteiger partial charge in [-0.15, -0.1) is 0 Å². The van der Waals surface area contributed by atoms with Crippen molar-refractivity contribution in [3.63, 3.8) is 0 Å². The van der Waals surface area contributed by atoms with Crippen molar-refractivity contribution < 1.29 is 9.59 Å². The minimum Gasteiger partial charge on any atom is -0.355 e. The highest BCUT2D eigenvalue weighted by molar-refractivity contribution is 5.89. The lowest BCUT2D eigenvalue weighted by Crippen LogP contribution is -2.42. The first-order valence-corrected chi connectivity index (χ1v) is 9.39. The molecule has 2 amide bonds. The summed E-state index contributed by atoms with van der Waals surface area (Å²) in [6.07, 6.45) is 2.74. The van der Waals surface area contributed by atoms with Crippen LogP contribution in [0.25, 0.3) is 5.69 Å². The number of nitrogens with one attached hydrogen (secondary N) is 2. The predicted molar refractivity (Wildman–Crippen MR) is 98.3 cm³/mol. The number of benzene rings is 1. The Bertz CT molecular complexity index is 880. The van der Waals surface area contributed by atoms with Gasteiger partial charge in [0.25, 0.3) is 0 Å². The Morgan fingerprint density at radius 2 is 1.89 bits per heavy atom. The van der Waals surface area contributed by atoms with Crippen LogP contribution in [0.2, 0.25) is 0 Å². The van der Waals surface area contributed by atoms with Gasteiger partial charge in [-0.3, -0.25) is 9.59 Å². The van der Waals surface area contributed by atoms with Gasteiger partial charge in [0, 0.05) is 32.5 Å². The second kappa shape index (κ2) is 7.38. The van der Waals surface area contributed by atoms with Crippen LogP contribution in [0, 0.1) is 11.8 Å². The molecule has 1 aromatic heterocycles. The average molecular weight is 369 g/mol. The SMILES string of the molecule is O=C1C[C@@H](C(=O)N2CCC(Cc3n[nH]c(=O)n3-c3ccccc3)CC2)CN1. The number of H-pyrrole nitrogens is 1. The molecule has 142 valence electrons. The second-order valence-electron chi connectivity index (χ2n) is 7.29. The van der Waals surface area contributed by atoms with Gasteiger partial charge >= 0.3 is 5.69 Å². The van der Waals surface area contributed by atoms with E-state index in [0.29, 0.717) is 38.4 Å². The molecule has 2 N–H and O–H groups in total. The van der Waals surface area contributed by atoms with Gasteiger partial charge in [0.15, 0.2) is 0 Å². The largest absolute Gasteiger partial charge is 0.355 e. The Balaban J connectivity index is 1.38. The van der Waals surface area contributed by atoms with Crippen LogP contribution in [0.4, 0.5) is 0 Å². The van der Waals surface area contributed by atoms with Crippen molar-refractivity contribution in [2.45, 2.75) is 25.7 Å². The molecule has 8 nitrogen and oxygen atoms in total. The Kier molecular flexibility index (Phi) is 4.79. The smallest absolute Gasteiger partial charge is 0.347 e. The monoisotopic (exact) mass is 369 g/mol. The van der Waals surface area contributed by atoms with Crippen molar-refractivity contribution in [2.75, 3.05) is 19.6 Å². The number of hydrogen-bond acceptors (Lipinski definition) is 4. The van der Waals surface area contributed by atoms with Crippen molar-refractivity contribution in [3.8, 4) is 5.69 Å². The van der Waals surface area contributed by atoms with E-state index in [2.05, 4.69) is 15.5 Å². The van der Waals surface area contributed by atoms with E-state index in [0.717, 1.165) is 24.4 Å². The van der Waals surface area contributed by atoms with E-state index in [-0.39, 0.29) is 23.4 Å². The first-order valence-electron chi connectivity index (χ1n) is 9.39. The summed E-state index contributed by atoms with van der Waals surface area (Å²) in [5.74, 6) is 0.911. The second-order valence-corrected chi connectivity index (χ2v) is 7.29. The highest BCUT2D eigenvalue weighted by Crippen LogP contribution is 2.24. The molecule has 0 unspecified atom stereocenters. The lowest BCUT2D eigenvalue weighted by atomic mass is 9.92. The summed E-state index contributed by atoms with van der Waals surface area (Å²) >= 11 is 0. The van der Waals surface area contributed by atoms with E-state index >= 15 is 0 Å². The van der Waals surface area contributed by atoms with Crippen LogP contribution in [0.3, 0.4) is 0 Å². The van der Waals surface area contributed by atoms with E-state index < -0.39 is 0 Å². The molecule has 1 atom stereocenters. The van der Waals surface area contributed by atoms with Gasteiger partial charge in [-0.1, -0.05) is 18.2 Å². The van der Waals surface area contributed by atoms with E-state index in [1.54, 1.807) is 4.57 Å². The molecule has 0 bridgehead atoms. The van der Waals surface area contributed by atoms with Crippen LogP contribution < -0.4 is 11.0 Å². The molecule has 27 heavy (non-hydrogen) atoms. The molecule has 2 aliphatic rings. The lowest BCUT2D eigenvalue weighted by Gasteiger charge is -2.33. The molecule has 0 saturated carbocycles. The van der Waals surface area contributed by atoms with E-state index in [9.17, 15) is 14.4 Å². The number of carbonyl (C=O) groups excluding carboxylic acids is 2. The number of likely N-dealkylation sites (tertiary alicyclic amines) is 1. The number of para-hydroxylation sites is 1. The fourth-order valence-corrected chi connectivity index (χ4v) is 3.96. The van der Waals surface area contributed by atoms with Gasteiger partial charge in [0.05, 0.1) is 11.6 Å². The molecule has 0 spiro atoms. The van der Waals surface area contributed by atoms with Crippen molar-refractivity contribution in [1.29, 1.82) is 0 Å². The molecule has 3 heterocycles. The van der Waals surface area contributed by atoms with Crippen LogP contribution in [0.15, 0.2) is 35.1 Å². The topological polar surface area (TPSA) is 100 Å². The summed E-state index contributed by atoms with van der Waals surface area (Å²) in [5, 5.41) is 9.48. The Morgan fingerprint density at radius 3 is 2.56 bits per heavy atom.